The van der Waals surface area contributed by atoms with Crippen LogP contribution in [0.1, 0.15) is 77.6 Å². The largest absolute Gasteiger partial charge is 0.481 e. The fourth-order valence-corrected chi connectivity index (χ4v) is 7.92. The van der Waals surface area contributed by atoms with Crippen molar-refractivity contribution in [3.8, 4) is 0 Å². The van der Waals surface area contributed by atoms with Gasteiger partial charge in [0.1, 0.15) is 11.9 Å². The minimum Gasteiger partial charge on any atom is -0.481 e. The number of thioether (sulfide) groups is 1. The number of rotatable bonds is 21. The summed E-state index contributed by atoms with van der Waals surface area (Å²) in [4.78, 5) is 72.3. The van der Waals surface area contributed by atoms with Crippen molar-refractivity contribution in [3.05, 3.63) is 24.3 Å². The van der Waals surface area contributed by atoms with E-state index in [0.29, 0.717) is 25.7 Å². The molecule has 0 spiro atoms. The molecular formula is C26H44Na2O12P2S. The predicted octanol–water partition coefficient (Wildman–Crippen LogP) is 3.24. The molecule has 0 aliphatic heterocycles. The van der Waals surface area contributed by atoms with Crippen molar-refractivity contribution in [2.75, 3.05) is 11.5 Å². The van der Waals surface area contributed by atoms with E-state index in [1.807, 2.05) is 19.1 Å². The average molecular weight is 689 g/mol. The zero-order valence-electron chi connectivity index (χ0n) is 25.3. The second kappa shape index (κ2) is 23.9. The van der Waals surface area contributed by atoms with Gasteiger partial charge < -0.3 is 34.5 Å². The number of ether oxygens (including phenoxy) is 1. The monoisotopic (exact) mass is 688 g/mol. The molecule has 0 amide bonds. The van der Waals surface area contributed by atoms with Gasteiger partial charge in [-0.1, -0.05) is 38.0 Å². The van der Waals surface area contributed by atoms with E-state index in [0.717, 1.165) is 31.0 Å². The summed E-state index contributed by atoms with van der Waals surface area (Å²) in [5, 5.41) is 17.1. The number of carboxylic acid groups (broad SMARTS) is 1. The van der Waals surface area contributed by atoms with E-state index in [9.17, 15) is 48.2 Å². The summed E-state index contributed by atoms with van der Waals surface area (Å²) in [6.07, 6.45) is 10.2. The molecular weight excluding hydrogens is 644 g/mol. The molecule has 0 unspecified atom stereocenters. The Labute approximate surface area is 302 Å². The standard InChI is InChI=1S/C26H44O12P2S.2Na/c1-2-3-6-10-19(38-25(31)18-41-16-9-13-26(39(32,33)34)40(35,36)37)14-15-21-20(22(27)17-23(21)28)11-7-4-5-8-12-24(29)30;;/h4,7,14-15,19-21,23,26,28H,2-3,5-6,8-13,16-18H2,1H3,(H,29,30)(H2,32,33,34)(H2,35,36,37);;/b7-4-,15-14+;;/t19-,20+,21+,23+;;/m0../s1. The van der Waals surface area contributed by atoms with Crippen LogP contribution in [0.3, 0.4) is 0 Å². The van der Waals surface area contributed by atoms with E-state index in [4.69, 9.17) is 9.84 Å². The van der Waals surface area contributed by atoms with E-state index in [1.165, 1.54) is 0 Å². The molecule has 12 nitrogen and oxygen atoms in total. The van der Waals surface area contributed by atoms with Crippen molar-refractivity contribution in [2.24, 2.45) is 11.8 Å². The van der Waals surface area contributed by atoms with E-state index < -0.39 is 56.6 Å². The van der Waals surface area contributed by atoms with Gasteiger partial charge in [-0.25, -0.2) is 0 Å². The zero-order valence-corrected chi connectivity index (χ0v) is 31.9. The van der Waals surface area contributed by atoms with Gasteiger partial charge in [0.25, 0.3) is 0 Å². The van der Waals surface area contributed by atoms with Gasteiger partial charge >= 0.3 is 27.1 Å². The molecule has 0 heterocycles. The van der Waals surface area contributed by atoms with Gasteiger partial charge in [-0.3, -0.25) is 23.5 Å². The Morgan fingerprint density at radius 2 is 1.67 bits per heavy atom. The van der Waals surface area contributed by atoms with E-state index in [1.54, 1.807) is 12.2 Å². The fraction of sp³-hybridized carbons (Fsp3) is 0.731. The maximum atomic E-state index is 12.5. The molecule has 1 rings (SSSR count). The van der Waals surface area contributed by atoms with Crippen molar-refractivity contribution in [1.82, 2.24) is 0 Å². The molecule has 1 aliphatic carbocycles. The van der Waals surface area contributed by atoms with Crippen LogP contribution in [0.4, 0.5) is 0 Å². The zero-order chi connectivity index (χ0) is 31.1. The van der Waals surface area contributed by atoms with Crippen molar-refractivity contribution >= 4 is 104 Å². The molecule has 4 atom stereocenters. The number of hydrogen-bond donors (Lipinski definition) is 6. The Bertz CT molecular complexity index is 979. The number of aliphatic hydroxyl groups excluding tert-OH is 1. The minimum atomic E-state index is -4.98. The fourth-order valence-electron chi connectivity index (χ4n) is 4.56. The molecule has 0 aromatic rings. The van der Waals surface area contributed by atoms with Gasteiger partial charge in [-0.2, -0.15) is 11.8 Å². The number of allylic oxidation sites excluding steroid dienone is 2. The first-order valence-electron chi connectivity index (χ1n) is 13.8. The van der Waals surface area contributed by atoms with Gasteiger partial charge in [-0.05, 0) is 56.8 Å². The van der Waals surface area contributed by atoms with Crippen molar-refractivity contribution in [3.63, 3.8) is 0 Å². The van der Waals surface area contributed by atoms with Gasteiger partial charge in [-0.15, -0.1) is 0 Å². The normalized spacial score (nSPS) is 19.9. The van der Waals surface area contributed by atoms with Crippen molar-refractivity contribution < 1.29 is 58.0 Å². The second-order valence-electron chi connectivity index (χ2n) is 10.2. The number of esters is 1. The average Bonchev–Trinajstić information content (AvgIpc) is 3.11. The molecule has 0 aromatic heterocycles. The number of carbonyl (C=O) groups excluding carboxylic acids is 2. The van der Waals surface area contributed by atoms with Gasteiger partial charge in [0.15, 0.2) is 5.40 Å². The Morgan fingerprint density at radius 3 is 2.26 bits per heavy atom. The molecule has 0 bridgehead atoms. The third-order valence-electron chi connectivity index (χ3n) is 6.72. The summed E-state index contributed by atoms with van der Waals surface area (Å²) in [6, 6.07) is 0. The molecule has 1 fully saturated rings. The number of carbonyl (C=O) groups is 3. The summed E-state index contributed by atoms with van der Waals surface area (Å²) in [5.74, 6) is -2.13. The SMILES string of the molecule is CCCCC[C@@H](/C=C/[C@H]1[C@H](O)CC(=O)[C@@H]1C/C=C\CCCC(=O)O)OC(=O)CSCCCC(P(=O)(O)O)P(=O)(O)O.[Na].[Na]. The Balaban J connectivity index is 0. The number of Topliss-reactive ketones (excluding diaryl/α,β-unsaturated/α-hetero) is 1. The summed E-state index contributed by atoms with van der Waals surface area (Å²) < 4.78 is 28.3. The minimum absolute atomic E-state index is 0. The smallest absolute Gasteiger partial charge is 0.340 e. The predicted molar refractivity (Wildman–Crippen MR) is 167 cm³/mol. The molecule has 238 valence electrons. The molecule has 43 heavy (non-hydrogen) atoms. The summed E-state index contributed by atoms with van der Waals surface area (Å²) in [6.45, 7) is 2.04. The number of aliphatic carboxylic acids is 1. The Morgan fingerprint density at radius 1 is 1.02 bits per heavy atom. The van der Waals surface area contributed by atoms with Gasteiger partial charge in [0.05, 0.1) is 11.9 Å². The van der Waals surface area contributed by atoms with Crippen molar-refractivity contribution in [1.29, 1.82) is 0 Å². The van der Waals surface area contributed by atoms with Crippen LogP contribution in [0.25, 0.3) is 0 Å². The van der Waals surface area contributed by atoms with Gasteiger partial charge in [0, 0.05) is 83.8 Å². The van der Waals surface area contributed by atoms with Crippen LogP contribution in [0, 0.1) is 11.8 Å². The number of ketones is 1. The molecule has 0 saturated heterocycles. The first-order valence-corrected chi connectivity index (χ1v) is 18.3. The maximum absolute atomic E-state index is 12.5. The van der Waals surface area contributed by atoms with Crippen molar-refractivity contribution in [2.45, 2.75) is 95.2 Å². The molecule has 0 aromatic carbocycles. The molecule has 17 heteroatoms. The quantitative estimate of drug-likeness (QED) is 0.0336. The van der Waals surface area contributed by atoms with Crippen LogP contribution in [0.2, 0.25) is 0 Å². The Hall–Kier alpha value is 0.700. The third kappa shape index (κ3) is 19.8. The maximum Gasteiger partial charge on any atom is 0.340 e. The van der Waals surface area contributed by atoms with Crippen LogP contribution in [-0.2, 0) is 28.3 Å². The van der Waals surface area contributed by atoms with Crippen LogP contribution in [-0.4, -0.2) is 136 Å². The van der Waals surface area contributed by atoms with Crippen LogP contribution in [0.15, 0.2) is 24.3 Å². The van der Waals surface area contributed by atoms with Crippen LogP contribution < -0.4 is 0 Å². The number of hydrogen-bond acceptors (Lipinski definition) is 8. The number of aliphatic hydroxyl groups is 1. The van der Waals surface area contributed by atoms with Crippen LogP contribution >= 0.6 is 27.0 Å². The summed E-state index contributed by atoms with van der Waals surface area (Å²) >= 11 is 1.13. The first-order chi connectivity index (χ1) is 19.2. The number of carboxylic acids is 1. The van der Waals surface area contributed by atoms with E-state index in [2.05, 4.69) is 0 Å². The van der Waals surface area contributed by atoms with E-state index in [-0.39, 0.29) is 102 Å². The Kier molecular flexibility index (Phi) is 25.5. The van der Waals surface area contributed by atoms with Crippen LogP contribution in [0.5, 0.6) is 0 Å². The molecule has 6 N–H and O–H groups in total. The molecule has 1 aliphatic rings. The number of unbranched alkanes of at least 4 members (excludes halogenated alkanes) is 3. The summed E-state index contributed by atoms with van der Waals surface area (Å²) in [7, 11) is -9.95. The second-order valence-corrected chi connectivity index (χ2v) is 15.3. The molecule has 1 saturated carbocycles. The third-order valence-corrected chi connectivity index (χ3v) is 11.6. The topological polar surface area (TPSA) is 216 Å². The van der Waals surface area contributed by atoms with Gasteiger partial charge in [0.2, 0.25) is 0 Å². The van der Waals surface area contributed by atoms with E-state index >= 15 is 0 Å². The summed E-state index contributed by atoms with van der Waals surface area (Å²) in [5.41, 5.74) is 0. The molecule has 2 radical (unpaired) electrons. The first kappa shape index (κ1) is 45.8.